The van der Waals surface area contributed by atoms with Crippen molar-refractivity contribution in [1.82, 2.24) is 9.78 Å². The van der Waals surface area contributed by atoms with Crippen molar-refractivity contribution in [2.75, 3.05) is 14.2 Å². The predicted octanol–water partition coefficient (Wildman–Crippen LogP) is 2.03. The molecular weight excluding hydrogens is 244 g/mol. The summed E-state index contributed by atoms with van der Waals surface area (Å²) in [6.07, 6.45) is 4.68. The molecule has 0 saturated heterocycles. The average Bonchev–Trinajstić information content (AvgIpc) is 2.94. The number of aromatic nitrogens is 2. The Morgan fingerprint density at radius 2 is 2.00 bits per heavy atom. The molecule has 0 bridgehead atoms. The molecule has 2 aromatic rings. The SMILES string of the molecule is COC=C(C(=O)OC)c1cnn(-c2ccccc2)c1. The Morgan fingerprint density at radius 1 is 1.26 bits per heavy atom. The van der Waals surface area contributed by atoms with Crippen LogP contribution in [0.4, 0.5) is 0 Å². The first-order valence-electron chi connectivity index (χ1n) is 5.68. The topological polar surface area (TPSA) is 53.4 Å². The van der Waals surface area contributed by atoms with E-state index in [1.54, 1.807) is 17.1 Å². The predicted molar refractivity (Wildman–Crippen MR) is 70.6 cm³/mol. The number of hydrogen-bond donors (Lipinski definition) is 0. The minimum Gasteiger partial charge on any atom is -0.503 e. The molecule has 0 spiro atoms. The number of rotatable bonds is 4. The summed E-state index contributed by atoms with van der Waals surface area (Å²) in [6.45, 7) is 0. The molecule has 5 nitrogen and oxygen atoms in total. The van der Waals surface area contributed by atoms with E-state index < -0.39 is 5.97 Å². The summed E-state index contributed by atoms with van der Waals surface area (Å²) < 4.78 is 11.3. The highest BCUT2D eigenvalue weighted by Crippen LogP contribution is 2.17. The van der Waals surface area contributed by atoms with Crippen molar-refractivity contribution in [2.45, 2.75) is 0 Å². The second-order valence-corrected chi connectivity index (χ2v) is 3.77. The van der Waals surface area contributed by atoms with Crippen LogP contribution in [0.5, 0.6) is 0 Å². The lowest BCUT2D eigenvalue weighted by atomic mass is 10.2. The van der Waals surface area contributed by atoms with E-state index in [1.165, 1.54) is 20.5 Å². The Balaban J connectivity index is 2.35. The quantitative estimate of drug-likeness (QED) is 0.478. The highest BCUT2D eigenvalue weighted by Gasteiger charge is 2.15. The van der Waals surface area contributed by atoms with Gasteiger partial charge in [0, 0.05) is 11.8 Å². The van der Waals surface area contributed by atoms with E-state index in [-0.39, 0.29) is 0 Å². The maximum absolute atomic E-state index is 11.6. The summed E-state index contributed by atoms with van der Waals surface area (Å²) >= 11 is 0. The van der Waals surface area contributed by atoms with Crippen LogP contribution < -0.4 is 0 Å². The number of carbonyl (C=O) groups excluding carboxylic acids is 1. The highest BCUT2D eigenvalue weighted by atomic mass is 16.5. The van der Waals surface area contributed by atoms with Gasteiger partial charge in [0.2, 0.25) is 0 Å². The van der Waals surface area contributed by atoms with Crippen molar-refractivity contribution in [2.24, 2.45) is 0 Å². The van der Waals surface area contributed by atoms with Crippen LogP contribution in [0.3, 0.4) is 0 Å². The third kappa shape index (κ3) is 2.82. The average molecular weight is 258 g/mol. The molecular formula is C14H14N2O3. The van der Waals surface area contributed by atoms with E-state index in [1.807, 2.05) is 30.3 Å². The monoisotopic (exact) mass is 258 g/mol. The number of hydrogen-bond acceptors (Lipinski definition) is 4. The van der Waals surface area contributed by atoms with Crippen LogP contribution in [-0.4, -0.2) is 30.0 Å². The standard InChI is InChI=1S/C14H14N2O3/c1-18-10-13(14(17)19-2)11-8-15-16(9-11)12-6-4-3-5-7-12/h3-10H,1-2H3. The Bertz CT molecular complexity index is 588. The fourth-order valence-electron chi connectivity index (χ4n) is 1.65. The minimum atomic E-state index is -0.463. The first kappa shape index (κ1) is 12.9. The van der Waals surface area contributed by atoms with E-state index in [0.29, 0.717) is 11.1 Å². The first-order valence-corrected chi connectivity index (χ1v) is 5.68. The summed E-state index contributed by atoms with van der Waals surface area (Å²) in [4.78, 5) is 11.6. The molecule has 0 fully saturated rings. The van der Waals surface area contributed by atoms with Gasteiger partial charge in [0.1, 0.15) is 5.57 Å². The van der Waals surface area contributed by atoms with Crippen LogP contribution in [0, 0.1) is 0 Å². The number of nitrogens with zero attached hydrogens (tertiary/aromatic N) is 2. The Kier molecular flexibility index (Phi) is 3.97. The van der Waals surface area contributed by atoms with Gasteiger partial charge in [0.05, 0.1) is 32.4 Å². The Hall–Kier alpha value is -2.56. The number of carbonyl (C=O) groups is 1. The van der Waals surface area contributed by atoms with E-state index in [0.717, 1.165) is 5.69 Å². The maximum atomic E-state index is 11.6. The molecule has 19 heavy (non-hydrogen) atoms. The van der Waals surface area contributed by atoms with Gasteiger partial charge in [-0.05, 0) is 12.1 Å². The normalized spacial score (nSPS) is 11.2. The van der Waals surface area contributed by atoms with E-state index in [9.17, 15) is 4.79 Å². The van der Waals surface area contributed by atoms with Crippen molar-refractivity contribution >= 4 is 11.5 Å². The largest absolute Gasteiger partial charge is 0.503 e. The third-order valence-corrected chi connectivity index (χ3v) is 2.56. The molecule has 1 aromatic carbocycles. The summed E-state index contributed by atoms with van der Waals surface area (Å²) in [5.41, 5.74) is 1.88. The zero-order valence-corrected chi connectivity index (χ0v) is 10.7. The van der Waals surface area contributed by atoms with Gasteiger partial charge in [0.15, 0.2) is 0 Å². The molecule has 98 valence electrons. The molecule has 0 N–H and O–H groups in total. The smallest absolute Gasteiger partial charge is 0.341 e. The maximum Gasteiger partial charge on any atom is 0.341 e. The summed E-state index contributed by atoms with van der Waals surface area (Å²) in [5, 5.41) is 4.22. The van der Waals surface area contributed by atoms with Crippen molar-refractivity contribution < 1.29 is 14.3 Å². The van der Waals surface area contributed by atoms with Gasteiger partial charge in [-0.25, -0.2) is 9.48 Å². The molecule has 0 saturated carbocycles. The molecule has 0 unspecified atom stereocenters. The number of para-hydroxylation sites is 1. The van der Waals surface area contributed by atoms with Crippen molar-refractivity contribution in [3.05, 3.63) is 54.6 Å². The Labute approximate surface area is 111 Å². The zero-order valence-electron chi connectivity index (χ0n) is 10.7. The van der Waals surface area contributed by atoms with E-state index in [2.05, 4.69) is 5.10 Å². The zero-order chi connectivity index (χ0) is 13.7. The van der Waals surface area contributed by atoms with Crippen molar-refractivity contribution in [3.8, 4) is 5.69 Å². The lowest BCUT2D eigenvalue weighted by Gasteiger charge is -2.02. The number of methoxy groups -OCH3 is 2. The van der Waals surface area contributed by atoms with E-state index >= 15 is 0 Å². The van der Waals surface area contributed by atoms with Crippen molar-refractivity contribution in [1.29, 1.82) is 0 Å². The molecule has 0 amide bonds. The lowest BCUT2D eigenvalue weighted by molar-refractivity contribution is -0.133. The van der Waals surface area contributed by atoms with Crippen LogP contribution in [0.25, 0.3) is 11.3 Å². The second-order valence-electron chi connectivity index (χ2n) is 3.77. The molecule has 0 aliphatic rings. The molecule has 0 aliphatic carbocycles. The van der Waals surface area contributed by atoms with Gasteiger partial charge in [-0.1, -0.05) is 18.2 Å². The second kappa shape index (κ2) is 5.86. The number of benzene rings is 1. The summed E-state index contributed by atoms with van der Waals surface area (Å²) in [5.74, 6) is -0.463. The number of ether oxygens (including phenoxy) is 2. The Morgan fingerprint density at radius 3 is 2.63 bits per heavy atom. The first-order chi connectivity index (χ1) is 9.26. The molecule has 0 radical (unpaired) electrons. The van der Waals surface area contributed by atoms with Gasteiger partial charge in [-0.2, -0.15) is 5.10 Å². The molecule has 1 heterocycles. The van der Waals surface area contributed by atoms with Crippen LogP contribution in [0.2, 0.25) is 0 Å². The fourth-order valence-corrected chi connectivity index (χ4v) is 1.65. The molecule has 0 atom stereocenters. The van der Waals surface area contributed by atoms with E-state index in [4.69, 9.17) is 9.47 Å². The number of esters is 1. The van der Waals surface area contributed by atoms with Crippen molar-refractivity contribution in [3.63, 3.8) is 0 Å². The molecule has 0 aliphatic heterocycles. The van der Waals surface area contributed by atoms with Gasteiger partial charge < -0.3 is 9.47 Å². The summed E-state index contributed by atoms with van der Waals surface area (Å²) in [7, 11) is 2.80. The van der Waals surface area contributed by atoms with Gasteiger partial charge >= 0.3 is 5.97 Å². The van der Waals surface area contributed by atoms with Gasteiger partial charge in [-0.15, -0.1) is 0 Å². The minimum absolute atomic E-state index is 0.326. The molecule has 1 aromatic heterocycles. The lowest BCUT2D eigenvalue weighted by Crippen LogP contribution is -2.03. The van der Waals surface area contributed by atoms with Crippen LogP contribution in [0.15, 0.2) is 49.0 Å². The van der Waals surface area contributed by atoms with Gasteiger partial charge in [-0.3, -0.25) is 0 Å². The van der Waals surface area contributed by atoms with Crippen LogP contribution in [0.1, 0.15) is 5.56 Å². The fraction of sp³-hybridized carbons (Fsp3) is 0.143. The molecule has 2 rings (SSSR count). The molecule has 5 heteroatoms. The highest BCUT2D eigenvalue weighted by molar-refractivity contribution is 6.15. The summed E-state index contributed by atoms with van der Waals surface area (Å²) in [6, 6.07) is 9.62. The van der Waals surface area contributed by atoms with Crippen LogP contribution >= 0.6 is 0 Å². The third-order valence-electron chi connectivity index (χ3n) is 2.56. The van der Waals surface area contributed by atoms with Crippen LogP contribution in [-0.2, 0) is 14.3 Å². The van der Waals surface area contributed by atoms with Gasteiger partial charge in [0.25, 0.3) is 0 Å².